The molecular weight excluding hydrogens is 281 g/mol. The highest BCUT2D eigenvalue weighted by molar-refractivity contribution is 5.96. The second kappa shape index (κ2) is 5.91. The minimum absolute atomic E-state index is 0.0505. The molecule has 0 aliphatic carbocycles. The summed E-state index contributed by atoms with van der Waals surface area (Å²) in [6.07, 6.45) is 2.79. The van der Waals surface area contributed by atoms with Crippen molar-refractivity contribution in [1.82, 2.24) is 14.7 Å². The van der Waals surface area contributed by atoms with Gasteiger partial charge in [-0.25, -0.2) is 9.07 Å². The number of carbonyl (C=O) groups excluding carboxylic acids is 1. The van der Waals surface area contributed by atoms with Gasteiger partial charge in [-0.2, -0.15) is 5.10 Å². The van der Waals surface area contributed by atoms with Crippen molar-refractivity contribution in [2.75, 3.05) is 13.1 Å². The molecule has 0 spiro atoms. The summed E-state index contributed by atoms with van der Waals surface area (Å²) in [6.45, 7) is 5.46. The Morgan fingerprint density at radius 3 is 2.68 bits per heavy atom. The van der Waals surface area contributed by atoms with Crippen molar-refractivity contribution in [3.05, 3.63) is 47.0 Å². The Morgan fingerprint density at radius 1 is 1.32 bits per heavy atom. The van der Waals surface area contributed by atoms with Crippen LogP contribution in [-0.2, 0) is 6.42 Å². The van der Waals surface area contributed by atoms with E-state index in [-0.39, 0.29) is 11.7 Å². The summed E-state index contributed by atoms with van der Waals surface area (Å²) in [5, 5.41) is 4.49. The van der Waals surface area contributed by atoms with Crippen molar-refractivity contribution in [2.45, 2.75) is 33.1 Å². The molecule has 1 aromatic carbocycles. The number of aromatic nitrogens is 2. The van der Waals surface area contributed by atoms with Gasteiger partial charge in [0, 0.05) is 13.1 Å². The second-order valence-electron chi connectivity index (χ2n) is 5.65. The van der Waals surface area contributed by atoms with E-state index in [0.717, 1.165) is 31.6 Å². The zero-order valence-corrected chi connectivity index (χ0v) is 13.0. The molecule has 1 amide bonds. The molecule has 2 heterocycles. The third-order valence-electron chi connectivity index (χ3n) is 4.15. The smallest absolute Gasteiger partial charge is 0.257 e. The maximum absolute atomic E-state index is 13.5. The summed E-state index contributed by atoms with van der Waals surface area (Å²) >= 11 is 0. The molecule has 0 radical (unpaired) electrons. The van der Waals surface area contributed by atoms with E-state index in [2.05, 4.69) is 5.10 Å². The zero-order chi connectivity index (χ0) is 15.7. The summed E-state index contributed by atoms with van der Waals surface area (Å²) in [5.74, 6) is -0.255. The van der Waals surface area contributed by atoms with Crippen molar-refractivity contribution < 1.29 is 9.18 Å². The molecule has 0 saturated carbocycles. The van der Waals surface area contributed by atoms with E-state index in [1.54, 1.807) is 16.8 Å². The van der Waals surface area contributed by atoms with Gasteiger partial charge in [-0.15, -0.1) is 0 Å². The molecule has 1 fully saturated rings. The summed E-state index contributed by atoms with van der Waals surface area (Å²) < 4.78 is 15.2. The van der Waals surface area contributed by atoms with Crippen LogP contribution in [0.3, 0.4) is 0 Å². The standard InChI is InChI=1S/C17H20FN3O/c1-3-15-16(17(22)20-9-4-5-10-20)12(2)19-21(15)14-8-6-7-13(18)11-14/h6-8,11H,3-5,9-10H2,1-2H3. The largest absolute Gasteiger partial charge is 0.339 e. The maximum atomic E-state index is 13.5. The quantitative estimate of drug-likeness (QED) is 0.873. The number of likely N-dealkylation sites (tertiary alicyclic amines) is 1. The highest BCUT2D eigenvalue weighted by atomic mass is 19.1. The molecule has 0 bridgehead atoms. The lowest BCUT2D eigenvalue weighted by molar-refractivity contribution is 0.0791. The number of rotatable bonds is 3. The molecule has 1 saturated heterocycles. The van der Waals surface area contributed by atoms with Gasteiger partial charge in [0.05, 0.1) is 22.6 Å². The van der Waals surface area contributed by atoms with Crippen LogP contribution >= 0.6 is 0 Å². The number of amides is 1. The molecule has 1 aromatic heterocycles. The third kappa shape index (κ3) is 2.51. The molecule has 2 aromatic rings. The Balaban J connectivity index is 2.06. The first-order valence-corrected chi connectivity index (χ1v) is 7.75. The van der Waals surface area contributed by atoms with E-state index in [0.29, 0.717) is 23.4 Å². The highest BCUT2D eigenvalue weighted by Gasteiger charge is 2.27. The van der Waals surface area contributed by atoms with Gasteiger partial charge >= 0.3 is 0 Å². The Bertz CT molecular complexity index is 702. The third-order valence-corrected chi connectivity index (χ3v) is 4.15. The van der Waals surface area contributed by atoms with Crippen LogP contribution in [-0.4, -0.2) is 33.7 Å². The first-order chi connectivity index (χ1) is 10.6. The Labute approximate surface area is 129 Å². The Hall–Kier alpha value is -2.17. The van der Waals surface area contributed by atoms with Crippen LogP contribution < -0.4 is 0 Å². The molecule has 0 atom stereocenters. The number of carbonyl (C=O) groups is 1. The summed E-state index contributed by atoms with van der Waals surface area (Å²) in [5.41, 5.74) is 2.88. The number of hydrogen-bond donors (Lipinski definition) is 0. The van der Waals surface area contributed by atoms with Crippen LogP contribution in [0.15, 0.2) is 24.3 Å². The van der Waals surface area contributed by atoms with Gasteiger partial charge < -0.3 is 4.90 Å². The van der Waals surface area contributed by atoms with Crippen LogP contribution in [0.25, 0.3) is 5.69 Å². The number of nitrogens with zero attached hydrogens (tertiary/aromatic N) is 3. The van der Waals surface area contributed by atoms with E-state index in [1.807, 2.05) is 18.7 Å². The molecule has 5 heteroatoms. The van der Waals surface area contributed by atoms with E-state index < -0.39 is 0 Å². The normalized spacial score (nSPS) is 14.6. The van der Waals surface area contributed by atoms with Gasteiger partial charge in [0.15, 0.2) is 0 Å². The lowest BCUT2D eigenvalue weighted by Gasteiger charge is -2.16. The van der Waals surface area contributed by atoms with Crippen LogP contribution in [0.5, 0.6) is 0 Å². The average molecular weight is 301 g/mol. The van der Waals surface area contributed by atoms with E-state index in [9.17, 15) is 9.18 Å². The maximum Gasteiger partial charge on any atom is 0.257 e. The average Bonchev–Trinajstić information content (AvgIpc) is 3.14. The molecule has 116 valence electrons. The van der Waals surface area contributed by atoms with Gasteiger partial charge in [0.25, 0.3) is 5.91 Å². The Kier molecular flexibility index (Phi) is 3.96. The van der Waals surface area contributed by atoms with E-state index in [1.165, 1.54) is 12.1 Å². The van der Waals surface area contributed by atoms with Crippen molar-refractivity contribution in [2.24, 2.45) is 0 Å². The predicted molar refractivity (Wildman–Crippen MR) is 82.8 cm³/mol. The number of halogens is 1. The lowest BCUT2D eigenvalue weighted by Crippen LogP contribution is -2.28. The van der Waals surface area contributed by atoms with Crippen molar-refractivity contribution in [3.8, 4) is 5.69 Å². The van der Waals surface area contributed by atoms with Gasteiger partial charge in [0.1, 0.15) is 5.82 Å². The van der Waals surface area contributed by atoms with Crippen molar-refractivity contribution in [1.29, 1.82) is 0 Å². The molecular formula is C17H20FN3O. The molecule has 1 aliphatic rings. The topological polar surface area (TPSA) is 38.1 Å². The van der Waals surface area contributed by atoms with E-state index >= 15 is 0 Å². The van der Waals surface area contributed by atoms with Crippen molar-refractivity contribution >= 4 is 5.91 Å². The first kappa shape index (κ1) is 14.8. The van der Waals surface area contributed by atoms with E-state index in [4.69, 9.17) is 0 Å². The fraction of sp³-hybridized carbons (Fsp3) is 0.412. The fourth-order valence-electron chi connectivity index (χ4n) is 3.08. The van der Waals surface area contributed by atoms with Gasteiger partial charge in [0.2, 0.25) is 0 Å². The highest BCUT2D eigenvalue weighted by Crippen LogP contribution is 2.23. The number of hydrogen-bond acceptors (Lipinski definition) is 2. The minimum Gasteiger partial charge on any atom is -0.339 e. The summed E-state index contributed by atoms with van der Waals surface area (Å²) in [4.78, 5) is 14.6. The lowest BCUT2D eigenvalue weighted by atomic mass is 10.1. The molecule has 3 rings (SSSR count). The minimum atomic E-state index is -0.305. The first-order valence-electron chi connectivity index (χ1n) is 7.75. The fourth-order valence-corrected chi connectivity index (χ4v) is 3.08. The van der Waals surface area contributed by atoms with Gasteiger partial charge in [-0.05, 0) is 44.4 Å². The second-order valence-corrected chi connectivity index (χ2v) is 5.65. The molecule has 1 aliphatic heterocycles. The van der Waals surface area contributed by atoms with Gasteiger partial charge in [-0.1, -0.05) is 13.0 Å². The summed E-state index contributed by atoms with van der Waals surface area (Å²) in [7, 11) is 0. The van der Waals surface area contributed by atoms with Crippen LogP contribution in [0, 0.1) is 12.7 Å². The monoisotopic (exact) mass is 301 g/mol. The zero-order valence-electron chi connectivity index (χ0n) is 13.0. The Morgan fingerprint density at radius 2 is 2.05 bits per heavy atom. The SMILES string of the molecule is CCc1c(C(=O)N2CCCC2)c(C)nn1-c1cccc(F)c1. The molecule has 22 heavy (non-hydrogen) atoms. The van der Waals surface area contributed by atoms with Gasteiger partial charge in [-0.3, -0.25) is 4.79 Å². The number of benzene rings is 1. The molecule has 4 nitrogen and oxygen atoms in total. The van der Waals surface area contributed by atoms with Crippen LogP contribution in [0.1, 0.15) is 41.5 Å². The molecule has 0 N–H and O–H groups in total. The summed E-state index contributed by atoms with van der Waals surface area (Å²) in [6, 6.07) is 6.30. The number of aryl methyl sites for hydroxylation is 1. The van der Waals surface area contributed by atoms with Crippen molar-refractivity contribution in [3.63, 3.8) is 0 Å². The predicted octanol–water partition coefficient (Wildman–Crippen LogP) is 3.12. The molecule has 0 unspecified atom stereocenters. The van der Waals surface area contributed by atoms with Crippen LogP contribution in [0.4, 0.5) is 4.39 Å². The van der Waals surface area contributed by atoms with Crippen LogP contribution in [0.2, 0.25) is 0 Å².